The second-order valence-corrected chi connectivity index (χ2v) is 8.27. The Balaban J connectivity index is 1.22. The number of rotatable bonds is 6. The molecule has 0 atom stereocenters. The third-order valence-electron chi connectivity index (χ3n) is 4.87. The number of hydrogen-bond donors (Lipinski definition) is 0. The summed E-state index contributed by atoms with van der Waals surface area (Å²) in [6.45, 7) is 3.15. The van der Waals surface area contributed by atoms with Crippen molar-refractivity contribution in [3.05, 3.63) is 71.6 Å². The molecule has 3 aromatic rings. The molecule has 1 aromatic heterocycles. The summed E-state index contributed by atoms with van der Waals surface area (Å²) in [4.78, 5) is 21.3. The molecule has 0 spiro atoms. The second kappa shape index (κ2) is 9.37. The smallest absolute Gasteiger partial charge is 0.232 e. The third-order valence-corrected chi connectivity index (χ3v) is 6.08. The predicted molar refractivity (Wildman–Crippen MR) is 118 cm³/mol. The van der Waals surface area contributed by atoms with Crippen molar-refractivity contribution in [3.63, 3.8) is 0 Å². The molecule has 1 saturated heterocycles. The minimum absolute atomic E-state index is 0.178. The lowest BCUT2D eigenvalue weighted by atomic mass is 10.2. The van der Waals surface area contributed by atoms with Crippen LogP contribution >= 0.6 is 23.4 Å². The Kier molecular flexibility index (Phi) is 6.42. The van der Waals surface area contributed by atoms with Gasteiger partial charge in [0.2, 0.25) is 11.8 Å². The Morgan fingerprint density at radius 3 is 2.48 bits per heavy atom. The first-order valence-corrected chi connectivity index (χ1v) is 11.1. The van der Waals surface area contributed by atoms with E-state index in [4.69, 9.17) is 16.0 Å². The molecule has 150 valence electrons. The summed E-state index contributed by atoms with van der Waals surface area (Å²) in [5, 5.41) is 0.739. The van der Waals surface area contributed by atoms with E-state index in [1.165, 1.54) is 0 Å². The first kappa shape index (κ1) is 19.9. The highest BCUT2D eigenvalue weighted by molar-refractivity contribution is 7.99. The van der Waals surface area contributed by atoms with Crippen LogP contribution in [0.5, 0.6) is 0 Å². The number of carbonyl (C=O) groups excluding carboxylic acids is 1. The van der Waals surface area contributed by atoms with Gasteiger partial charge in [0.25, 0.3) is 0 Å². The van der Waals surface area contributed by atoms with E-state index < -0.39 is 0 Å². The van der Waals surface area contributed by atoms with E-state index in [9.17, 15) is 4.79 Å². The maximum atomic E-state index is 12.5. The summed E-state index contributed by atoms with van der Waals surface area (Å²) in [7, 11) is 0. The van der Waals surface area contributed by atoms with Gasteiger partial charge in [0.1, 0.15) is 6.26 Å². The zero-order chi connectivity index (χ0) is 20.1. The fraction of sp³-hybridized carbons (Fsp3) is 0.273. The van der Waals surface area contributed by atoms with Crippen molar-refractivity contribution >= 4 is 35.0 Å². The van der Waals surface area contributed by atoms with E-state index >= 15 is 0 Å². The van der Waals surface area contributed by atoms with E-state index in [-0.39, 0.29) is 5.91 Å². The molecule has 0 bridgehead atoms. The molecule has 7 heteroatoms. The molecule has 1 aliphatic heterocycles. The molecule has 29 heavy (non-hydrogen) atoms. The van der Waals surface area contributed by atoms with Crippen LogP contribution in [0.15, 0.2) is 65.3 Å². The number of carbonyl (C=O) groups is 1. The van der Waals surface area contributed by atoms with Crippen LogP contribution in [0.1, 0.15) is 5.69 Å². The number of oxazole rings is 1. The van der Waals surface area contributed by atoms with Crippen molar-refractivity contribution in [1.29, 1.82) is 0 Å². The summed E-state index contributed by atoms with van der Waals surface area (Å²) in [6.07, 6.45) is 1.67. The number of thioether (sulfide) groups is 1. The molecule has 0 radical (unpaired) electrons. The van der Waals surface area contributed by atoms with Crippen LogP contribution in [0.2, 0.25) is 5.02 Å². The minimum atomic E-state index is 0.178. The summed E-state index contributed by atoms with van der Waals surface area (Å²) in [5.74, 6) is 1.91. The maximum absolute atomic E-state index is 12.5. The summed E-state index contributed by atoms with van der Waals surface area (Å²) in [5.41, 5.74) is 2.96. The van der Waals surface area contributed by atoms with Gasteiger partial charge < -0.3 is 14.2 Å². The van der Waals surface area contributed by atoms with Crippen LogP contribution in [-0.4, -0.2) is 47.7 Å². The van der Waals surface area contributed by atoms with Crippen molar-refractivity contribution < 1.29 is 9.21 Å². The number of anilines is 1. The van der Waals surface area contributed by atoms with Crippen LogP contribution < -0.4 is 4.90 Å². The average molecular weight is 428 g/mol. The van der Waals surface area contributed by atoms with Crippen LogP contribution in [-0.2, 0) is 10.5 Å². The predicted octanol–water partition coefficient (Wildman–Crippen LogP) is 4.58. The van der Waals surface area contributed by atoms with Crippen molar-refractivity contribution in [2.75, 3.05) is 36.8 Å². The number of piperazine rings is 1. The highest BCUT2D eigenvalue weighted by Crippen LogP contribution is 2.22. The molecule has 1 aliphatic rings. The van der Waals surface area contributed by atoms with Crippen molar-refractivity contribution in [3.8, 4) is 11.5 Å². The monoisotopic (exact) mass is 427 g/mol. The van der Waals surface area contributed by atoms with Gasteiger partial charge in [-0.25, -0.2) is 4.98 Å². The molecule has 5 nitrogen and oxygen atoms in total. The van der Waals surface area contributed by atoms with Gasteiger partial charge in [-0.1, -0.05) is 29.8 Å². The van der Waals surface area contributed by atoms with E-state index in [2.05, 4.69) is 9.88 Å². The molecule has 2 heterocycles. The van der Waals surface area contributed by atoms with Crippen LogP contribution in [0.4, 0.5) is 5.69 Å². The average Bonchev–Trinajstić information content (AvgIpc) is 3.24. The fourth-order valence-corrected chi connectivity index (χ4v) is 4.21. The van der Waals surface area contributed by atoms with Gasteiger partial charge >= 0.3 is 0 Å². The molecule has 0 aliphatic carbocycles. The number of nitrogens with zero attached hydrogens (tertiary/aromatic N) is 3. The maximum Gasteiger partial charge on any atom is 0.232 e. The fourth-order valence-electron chi connectivity index (χ4n) is 3.29. The highest BCUT2D eigenvalue weighted by atomic mass is 35.5. The summed E-state index contributed by atoms with van der Waals surface area (Å²) >= 11 is 7.53. The number of hydrogen-bond acceptors (Lipinski definition) is 5. The lowest BCUT2D eigenvalue weighted by molar-refractivity contribution is -0.128. The Hall–Kier alpha value is -2.44. The number of amides is 1. The van der Waals surface area contributed by atoms with Crippen LogP contribution in [0, 0.1) is 0 Å². The number of aromatic nitrogens is 1. The zero-order valence-electron chi connectivity index (χ0n) is 16.0. The van der Waals surface area contributed by atoms with Gasteiger partial charge in [-0.05, 0) is 36.4 Å². The molecule has 0 N–H and O–H groups in total. The molecular formula is C22H22ClN3O2S. The Labute approximate surface area is 179 Å². The van der Waals surface area contributed by atoms with Gasteiger partial charge in [0.05, 0.1) is 11.4 Å². The van der Waals surface area contributed by atoms with Crippen molar-refractivity contribution in [2.45, 2.75) is 5.75 Å². The largest absolute Gasteiger partial charge is 0.444 e. The minimum Gasteiger partial charge on any atom is -0.444 e. The first-order valence-electron chi connectivity index (χ1n) is 9.55. The lowest BCUT2D eigenvalue weighted by Crippen LogP contribution is -2.49. The molecule has 1 amide bonds. The number of halogens is 1. The Morgan fingerprint density at radius 1 is 1.03 bits per heavy atom. The van der Waals surface area contributed by atoms with Crippen LogP contribution in [0.25, 0.3) is 11.5 Å². The topological polar surface area (TPSA) is 49.6 Å². The third kappa shape index (κ3) is 5.14. The van der Waals surface area contributed by atoms with E-state index in [1.54, 1.807) is 18.0 Å². The Bertz CT molecular complexity index is 938. The Morgan fingerprint density at radius 2 is 1.76 bits per heavy atom. The van der Waals surface area contributed by atoms with Crippen molar-refractivity contribution in [1.82, 2.24) is 9.88 Å². The van der Waals surface area contributed by atoms with Gasteiger partial charge in [-0.15, -0.1) is 11.8 Å². The molecule has 4 rings (SSSR count). The highest BCUT2D eigenvalue weighted by Gasteiger charge is 2.21. The molecular weight excluding hydrogens is 406 g/mol. The molecule has 0 unspecified atom stereocenters. The van der Waals surface area contributed by atoms with E-state index in [1.807, 2.05) is 59.5 Å². The summed E-state index contributed by atoms with van der Waals surface area (Å²) in [6, 6.07) is 17.7. The second-order valence-electron chi connectivity index (χ2n) is 6.85. The van der Waals surface area contributed by atoms with Gasteiger partial charge in [-0.2, -0.15) is 0 Å². The van der Waals surface area contributed by atoms with E-state index in [0.29, 0.717) is 17.4 Å². The van der Waals surface area contributed by atoms with Gasteiger partial charge in [0.15, 0.2) is 0 Å². The first-order chi connectivity index (χ1) is 14.2. The molecule has 1 fully saturated rings. The molecule has 2 aromatic carbocycles. The SMILES string of the molecule is O=C(CSCc1coc(-c2ccccc2)n1)N1CCN(c2ccc(Cl)cc2)CC1. The molecule has 0 saturated carbocycles. The van der Waals surface area contributed by atoms with Gasteiger partial charge in [0, 0.05) is 48.2 Å². The van der Waals surface area contributed by atoms with E-state index in [0.717, 1.165) is 48.1 Å². The lowest BCUT2D eigenvalue weighted by Gasteiger charge is -2.36. The summed E-state index contributed by atoms with van der Waals surface area (Å²) < 4.78 is 5.55. The van der Waals surface area contributed by atoms with Gasteiger partial charge in [-0.3, -0.25) is 4.79 Å². The van der Waals surface area contributed by atoms with Crippen LogP contribution in [0.3, 0.4) is 0 Å². The van der Waals surface area contributed by atoms with Crippen molar-refractivity contribution in [2.24, 2.45) is 0 Å². The quantitative estimate of drug-likeness (QED) is 0.576. The standard InChI is InChI=1S/C22H22ClN3O2S/c23-18-6-8-20(9-7-18)25-10-12-26(13-11-25)21(27)16-29-15-19-14-28-22(24-19)17-4-2-1-3-5-17/h1-9,14H,10-13,15-16H2. The number of benzene rings is 2. The zero-order valence-corrected chi connectivity index (χ0v) is 17.5. The normalized spacial score (nSPS) is 14.2.